The summed E-state index contributed by atoms with van der Waals surface area (Å²) in [5, 5.41) is 0. The summed E-state index contributed by atoms with van der Waals surface area (Å²) in [7, 11) is 1.61. The second-order valence-electron chi connectivity index (χ2n) is 4.09. The maximum absolute atomic E-state index is 5.87. The molecule has 0 atom stereocenters. The topological polar surface area (TPSA) is 121 Å². The standard InChI is InChI=1S/C13H17N5O2/c1-19-9-4-2-3-8(5-9)7-20-10-6-11(14)17-13(18-16)12(10)15/h2-6H,7,15-16H2,1H3,(H3,14,17,18). The molecule has 0 aliphatic carbocycles. The van der Waals surface area contributed by atoms with Gasteiger partial charge in [-0.05, 0) is 17.7 Å². The van der Waals surface area contributed by atoms with Crippen LogP contribution in [0, 0.1) is 0 Å². The number of nitrogen functional groups attached to an aromatic ring is 3. The van der Waals surface area contributed by atoms with E-state index in [-0.39, 0.29) is 11.6 Å². The lowest BCUT2D eigenvalue weighted by atomic mass is 10.2. The molecule has 0 aliphatic heterocycles. The Kier molecular flexibility index (Phi) is 4.11. The van der Waals surface area contributed by atoms with Crippen LogP contribution in [0.25, 0.3) is 0 Å². The maximum Gasteiger partial charge on any atom is 0.169 e. The van der Waals surface area contributed by atoms with E-state index in [0.717, 1.165) is 11.3 Å². The van der Waals surface area contributed by atoms with Crippen molar-refractivity contribution in [2.45, 2.75) is 6.61 Å². The van der Waals surface area contributed by atoms with Gasteiger partial charge in [0.2, 0.25) is 0 Å². The molecule has 0 fully saturated rings. The number of hydrazine groups is 1. The molecule has 0 aliphatic rings. The van der Waals surface area contributed by atoms with Gasteiger partial charge in [-0.3, -0.25) is 0 Å². The third-order valence-electron chi connectivity index (χ3n) is 2.71. The van der Waals surface area contributed by atoms with Crippen molar-refractivity contribution in [3.8, 4) is 11.5 Å². The SMILES string of the molecule is COc1cccc(COc2cc(N)nc(NN)c2N)c1. The van der Waals surface area contributed by atoms with Gasteiger partial charge in [0.05, 0.1) is 7.11 Å². The predicted octanol–water partition coefficient (Wildman–Crippen LogP) is 1.12. The smallest absolute Gasteiger partial charge is 0.169 e. The first-order valence-electron chi connectivity index (χ1n) is 5.92. The van der Waals surface area contributed by atoms with Crippen LogP contribution in [0.4, 0.5) is 17.3 Å². The fourth-order valence-electron chi connectivity index (χ4n) is 1.70. The average Bonchev–Trinajstić information content (AvgIpc) is 2.48. The highest BCUT2D eigenvalue weighted by atomic mass is 16.5. The fraction of sp³-hybridized carbons (Fsp3) is 0.154. The lowest BCUT2D eigenvalue weighted by Crippen LogP contribution is -2.13. The van der Waals surface area contributed by atoms with E-state index >= 15 is 0 Å². The van der Waals surface area contributed by atoms with Crippen LogP contribution in [-0.4, -0.2) is 12.1 Å². The van der Waals surface area contributed by atoms with Crippen molar-refractivity contribution in [3.05, 3.63) is 35.9 Å². The van der Waals surface area contributed by atoms with Crippen molar-refractivity contribution in [2.75, 3.05) is 24.0 Å². The molecule has 1 heterocycles. The first-order valence-corrected chi connectivity index (χ1v) is 5.92. The molecule has 106 valence electrons. The highest BCUT2D eigenvalue weighted by Gasteiger charge is 2.09. The van der Waals surface area contributed by atoms with Crippen molar-refractivity contribution in [1.29, 1.82) is 0 Å². The average molecular weight is 275 g/mol. The van der Waals surface area contributed by atoms with Crippen molar-refractivity contribution < 1.29 is 9.47 Å². The van der Waals surface area contributed by atoms with E-state index in [4.69, 9.17) is 26.8 Å². The van der Waals surface area contributed by atoms with E-state index in [1.165, 1.54) is 0 Å². The van der Waals surface area contributed by atoms with Gasteiger partial charge in [0.25, 0.3) is 0 Å². The Hall–Kier alpha value is -2.67. The van der Waals surface area contributed by atoms with Crippen LogP contribution in [0.3, 0.4) is 0 Å². The number of methoxy groups -OCH3 is 1. The van der Waals surface area contributed by atoms with Crippen molar-refractivity contribution >= 4 is 17.3 Å². The summed E-state index contributed by atoms with van der Waals surface area (Å²) in [6.07, 6.45) is 0. The monoisotopic (exact) mass is 275 g/mol. The number of nitrogens with two attached hydrogens (primary N) is 3. The quantitative estimate of drug-likeness (QED) is 0.476. The van der Waals surface area contributed by atoms with Gasteiger partial charge in [0.15, 0.2) is 5.82 Å². The first kappa shape index (κ1) is 13.8. The van der Waals surface area contributed by atoms with Crippen LogP contribution in [0.1, 0.15) is 5.56 Å². The third kappa shape index (κ3) is 3.01. The molecular formula is C13H17N5O2. The summed E-state index contributed by atoms with van der Waals surface area (Å²) in [6.45, 7) is 0.328. The molecule has 7 heteroatoms. The van der Waals surface area contributed by atoms with Crippen LogP contribution in [0.15, 0.2) is 30.3 Å². The molecule has 0 radical (unpaired) electrons. The predicted molar refractivity (Wildman–Crippen MR) is 78.2 cm³/mol. The number of nitrogens with zero attached hydrogens (tertiary/aromatic N) is 1. The summed E-state index contributed by atoms with van der Waals surface area (Å²) in [5.74, 6) is 7.05. The zero-order chi connectivity index (χ0) is 14.5. The third-order valence-corrected chi connectivity index (χ3v) is 2.71. The van der Waals surface area contributed by atoms with Gasteiger partial charge in [-0.25, -0.2) is 10.8 Å². The number of nitrogens with one attached hydrogen (secondary N) is 1. The fourth-order valence-corrected chi connectivity index (χ4v) is 1.70. The normalized spacial score (nSPS) is 10.1. The molecule has 2 aromatic rings. The summed E-state index contributed by atoms with van der Waals surface area (Å²) >= 11 is 0. The minimum absolute atomic E-state index is 0.271. The molecule has 1 aromatic heterocycles. The van der Waals surface area contributed by atoms with Gasteiger partial charge in [-0.15, -0.1) is 0 Å². The summed E-state index contributed by atoms with van der Waals surface area (Å²) < 4.78 is 10.8. The Bertz CT molecular complexity index is 603. The molecule has 0 saturated carbocycles. The number of hydrogen-bond acceptors (Lipinski definition) is 7. The van der Waals surface area contributed by atoms with Crippen molar-refractivity contribution in [3.63, 3.8) is 0 Å². The second kappa shape index (κ2) is 5.98. The summed E-state index contributed by atoms with van der Waals surface area (Å²) in [5.41, 5.74) is 15.2. The molecule has 0 unspecified atom stereocenters. The second-order valence-corrected chi connectivity index (χ2v) is 4.09. The maximum atomic E-state index is 5.87. The number of pyridine rings is 1. The van der Waals surface area contributed by atoms with Gasteiger partial charge < -0.3 is 26.4 Å². The van der Waals surface area contributed by atoms with E-state index in [1.807, 2.05) is 24.3 Å². The number of ether oxygens (including phenoxy) is 2. The van der Waals surface area contributed by atoms with Gasteiger partial charge in [-0.2, -0.15) is 0 Å². The van der Waals surface area contributed by atoms with E-state index in [0.29, 0.717) is 18.0 Å². The zero-order valence-corrected chi connectivity index (χ0v) is 11.1. The van der Waals surface area contributed by atoms with Crippen molar-refractivity contribution in [1.82, 2.24) is 4.98 Å². The molecular weight excluding hydrogens is 258 g/mol. The lowest BCUT2D eigenvalue weighted by Gasteiger charge is -2.12. The molecule has 2 rings (SSSR count). The Labute approximate surface area is 116 Å². The number of hydrogen-bond donors (Lipinski definition) is 4. The van der Waals surface area contributed by atoms with E-state index in [9.17, 15) is 0 Å². The molecule has 0 saturated heterocycles. The molecule has 1 aromatic carbocycles. The molecule has 0 amide bonds. The highest BCUT2D eigenvalue weighted by Crippen LogP contribution is 2.30. The van der Waals surface area contributed by atoms with Gasteiger partial charge in [0.1, 0.15) is 29.6 Å². The van der Waals surface area contributed by atoms with Gasteiger partial charge in [-0.1, -0.05) is 12.1 Å². The van der Waals surface area contributed by atoms with E-state index in [1.54, 1.807) is 13.2 Å². The Morgan fingerprint density at radius 2 is 2.05 bits per heavy atom. The van der Waals surface area contributed by atoms with Crippen LogP contribution < -0.4 is 32.2 Å². The number of aromatic nitrogens is 1. The summed E-state index contributed by atoms with van der Waals surface area (Å²) in [6, 6.07) is 9.10. The highest BCUT2D eigenvalue weighted by molar-refractivity contribution is 5.71. The van der Waals surface area contributed by atoms with Crippen LogP contribution in [0.5, 0.6) is 11.5 Å². The number of anilines is 3. The minimum atomic E-state index is 0.271. The van der Waals surface area contributed by atoms with Crippen LogP contribution in [0.2, 0.25) is 0 Å². The van der Waals surface area contributed by atoms with Gasteiger partial charge in [0, 0.05) is 6.07 Å². The minimum Gasteiger partial charge on any atom is -0.497 e. The largest absolute Gasteiger partial charge is 0.497 e. The lowest BCUT2D eigenvalue weighted by molar-refractivity contribution is 0.307. The van der Waals surface area contributed by atoms with Crippen LogP contribution in [-0.2, 0) is 6.61 Å². The van der Waals surface area contributed by atoms with E-state index in [2.05, 4.69) is 10.4 Å². The molecule has 0 bridgehead atoms. The number of benzene rings is 1. The zero-order valence-electron chi connectivity index (χ0n) is 11.1. The molecule has 7 nitrogen and oxygen atoms in total. The Morgan fingerprint density at radius 1 is 1.25 bits per heavy atom. The Balaban J connectivity index is 2.16. The molecule has 7 N–H and O–H groups in total. The summed E-state index contributed by atoms with van der Waals surface area (Å²) in [4.78, 5) is 3.95. The first-order chi connectivity index (χ1) is 9.63. The molecule has 0 spiro atoms. The number of rotatable bonds is 5. The van der Waals surface area contributed by atoms with Crippen molar-refractivity contribution in [2.24, 2.45) is 5.84 Å². The molecule has 20 heavy (non-hydrogen) atoms. The Morgan fingerprint density at radius 3 is 2.75 bits per heavy atom. The van der Waals surface area contributed by atoms with Crippen LogP contribution >= 0.6 is 0 Å². The van der Waals surface area contributed by atoms with Gasteiger partial charge >= 0.3 is 0 Å². The van der Waals surface area contributed by atoms with E-state index < -0.39 is 0 Å².